The van der Waals surface area contributed by atoms with E-state index >= 15 is 0 Å². The van der Waals surface area contributed by atoms with Gasteiger partial charge in [0.15, 0.2) is 0 Å². The van der Waals surface area contributed by atoms with Gasteiger partial charge in [-0.25, -0.2) is 4.98 Å². The Morgan fingerprint density at radius 2 is 1.94 bits per heavy atom. The van der Waals surface area contributed by atoms with Crippen LogP contribution >= 0.6 is 11.3 Å². The van der Waals surface area contributed by atoms with Crippen LogP contribution in [0.25, 0.3) is 5.65 Å². The van der Waals surface area contributed by atoms with E-state index in [-0.39, 0.29) is 5.91 Å². The first-order valence-corrected chi connectivity index (χ1v) is 12.2. The number of pyridine rings is 1. The molecule has 1 fully saturated rings. The number of fused-ring (bicyclic) bond motifs is 1. The number of benzene rings is 1. The number of aromatic nitrogens is 2. The van der Waals surface area contributed by atoms with Gasteiger partial charge >= 0.3 is 0 Å². The van der Waals surface area contributed by atoms with Crippen LogP contribution in [0.2, 0.25) is 0 Å². The van der Waals surface area contributed by atoms with E-state index in [1.807, 2.05) is 69.4 Å². The van der Waals surface area contributed by atoms with Crippen LogP contribution in [0.4, 0.5) is 0 Å². The molecule has 33 heavy (non-hydrogen) atoms. The van der Waals surface area contributed by atoms with E-state index < -0.39 is 0 Å². The first-order valence-electron chi connectivity index (χ1n) is 11.4. The lowest BCUT2D eigenvalue weighted by Crippen LogP contribution is -2.49. The number of aryl methyl sites for hydroxylation is 1. The zero-order chi connectivity index (χ0) is 22.6. The number of hydrogen-bond donors (Lipinski definition) is 0. The molecule has 1 amide bonds. The topological polar surface area (TPSA) is 50.1 Å². The molecule has 1 aliphatic rings. The van der Waals surface area contributed by atoms with Crippen molar-refractivity contribution in [1.29, 1.82) is 0 Å². The fourth-order valence-electron chi connectivity index (χ4n) is 4.18. The molecule has 5 rings (SSSR count). The molecule has 0 atom stereocenters. The van der Waals surface area contributed by atoms with Crippen molar-refractivity contribution in [3.63, 3.8) is 0 Å². The Labute approximate surface area is 198 Å². The summed E-state index contributed by atoms with van der Waals surface area (Å²) >= 11 is 1.81. The quantitative estimate of drug-likeness (QED) is 0.413. The number of nitrogens with zero attached hydrogens (tertiary/aromatic N) is 4. The second-order valence-corrected chi connectivity index (χ2v) is 9.52. The number of rotatable bonds is 7. The second-order valence-electron chi connectivity index (χ2n) is 8.48. The van der Waals surface area contributed by atoms with Crippen molar-refractivity contribution in [2.45, 2.75) is 20.0 Å². The highest BCUT2D eigenvalue weighted by atomic mass is 32.1. The van der Waals surface area contributed by atoms with E-state index in [1.54, 1.807) is 0 Å². The van der Waals surface area contributed by atoms with E-state index in [9.17, 15) is 4.79 Å². The highest BCUT2D eigenvalue weighted by Crippen LogP contribution is 2.18. The molecular weight excluding hydrogens is 432 g/mol. The highest BCUT2D eigenvalue weighted by Gasteiger charge is 2.22. The van der Waals surface area contributed by atoms with Crippen molar-refractivity contribution in [2.75, 3.05) is 32.7 Å². The molecule has 0 radical (unpaired) electrons. The lowest BCUT2D eigenvalue weighted by Gasteiger charge is -2.34. The van der Waals surface area contributed by atoms with Gasteiger partial charge in [0.2, 0.25) is 0 Å². The Kier molecular flexibility index (Phi) is 6.41. The average Bonchev–Trinajstić information content (AvgIpc) is 3.51. The lowest BCUT2D eigenvalue weighted by molar-refractivity contribution is 0.0638. The summed E-state index contributed by atoms with van der Waals surface area (Å²) in [7, 11) is 0. The molecule has 1 aromatic carbocycles. The van der Waals surface area contributed by atoms with E-state index in [0.717, 1.165) is 50.5 Å². The molecule has 4 heterocycles. The minimum Gasteiger partial charge on any atom is -0.487 e. The van der Waals surface area contributed by atoms with Crippen LogP contribution in [0.15, 0.2) is 66.3 Å². The number of piperazine rings is 1. The van der Waals surface area contributed by atoms with Gasteiger partial charge in [-0.05, 0) is 54.6 Å². The molecule has 170 valence electrons. The van der Waals surface area contributed by atoms with Gasteiger partial charge in [-0.2, -0.15) is 0 Å². The van der Waals surface area contributed by atoms with Crippen molar-refractivity contribution < 1.29 is 9.53 Å². The summed E-state index contributed by atoms with van der Waals surface area (Å²) in [5.41, 5.74) is 3.61. The number of hydrogen-bond acceptors (Lipinski definition) is 5. The number of thiophene rings is 1. The Morgan fingerprint density at radius 1 is 1.06 bits per heavy atom. The summed E-state index contributed by atoms with van der Waals surface area (Å²) in [5, 5.41) is 2.13. The Balaban J connectivity index is 1.15. The summed E-state index contributed by atoms with van der Waals surface area (Å²) in [6.07, 6.45) is 5.11. The van der Waals surface area contributed by atoms with Gasteiger partial charge in [0.05, 0.1) is 5.69 Å². The summed E-state index contributed by atoms with van der Waals surface area (Å²) in [6.45, 7) is 6.82. The van der Waals surface area contributed by atoms with Crippen LogP contribution in [0, 0.1) is 6.92 Å². The normalized spacial score (nSPS) is 14.6. The zero-order valence-corrected chi connectivity index (χ0v) is 19.6. The van der Waals surface area contributed by atoms with Gasteiger partial charge in [-0.15, -0.1) is 11.3 Å². The molecule has 3 aromatic heterocycles. The van der Waals surface area contributed by atoms with E-state index in [2.05, 4.69) is 34.3 Å². The summed E-state index contributed by atoms with van der Waals surface area (Å²) in [5.74, 6) is 0.755. The minimum absolute atomic E-state index is 0.0709. The number of amides is 1. The molecule has 6 nitrogen and oxygen atoms in total. The molecule has 0 N–H and O–H groups in total. The van der Waals surface area contributed by atoms with Crippen LogP contribution < -0.4 is 4.74 Å². The van der Waals surface area contributed by atoms with Gasteiger partial charge in [0.25, 0.3) is 5.91 Å². The molecule has 0 aliphatic carbocycles. The Hall–Kier alpha value is -3.16. The van der Waals surface area contributed by atoms with Gasteiger partial charge in [0, 0.05) is 55.6 Å². The van der Waals surface area contributed by atoms with Crippen LogP contribution in [0.1, 0.15) is 26.5 Å². The Bertz CT molecular complexity index is 1230. The molecule has 7 heteroatoms. The number of imidazole rings is 1. The SMILES string of the molecule is Cc1ccc2nc(COc3cccc(C(=O)N4CCN(CCc5cccs5)CC4)c3)cn2c1. The third-order valence-corrected chi connectivity index (χ3v) is 6.97. The van der Waals surface area contributed by atoms with Crippen LogP contribution in [0.5, 0.6) is 5.75 Å². The second kappa shape index (κ2) is 9.77. The van der Waals surface area contributed by atoms with Crippen molar-refractivity contribution >= 4 is 22.9 Å². The monoisotopic (exact) mass is 460 g/mol. The average molecular weight is 461 g/mol. The number of carbonyl (C=O) groups is 1. The molecule has 0 spiro atoms. The molecular formula is C26H28N4O2S. The standard InChI is InChI=1S/C26H28N4O2S/c1-20-7-8-25-27-22(18-30(25)17-20)19-32-23-5-2-4-21(16-23)26(31)29-13-11-28(12-14-29)10-9-24-6-3-15-33-24/h2-8,15-18H,9-14,19H2,1H3. The predicted molar refractivity (Wildman–Crippen MR) is 131 cm³/mol. The summed E-state index contributed by atoms with van der Waals surface area (Å²) in [4.78, 5) is 23.5. The molecule has 0 bridgehead atoms. The maximum Gasteiger partial charge on any atom is 0.254 e. The molecule has 0 unspecified atom stereocenters. The maximum atomic E-state index is 13.1. The van der Waals surface area contributed by atoms with Gasteiger partial charge in [-0.3, -0.25) is 9.69 Å². The molecule has 0 saturated carbocycles. The molecule has 1 aliphatic heterocycles. The van der Waals surface area contributed by atoms with E-state index in [1.165, 1.54) is 10.4 Å². The minimum atomic E-state index is 0.0709. The van der Waals surface area contributed by atoms with Crippen molar-refractivity contribution in [1.82, 2.24) is 19.2 Å². The van der Waals surface area contributed by atoms with Crippen molar-refractivity contribution in [3.8, 4) is 5.75 Å². The van der Waals surface area contributed by atoms with E-state index in [0.29, 0.717) is 17.9 Å². The van der Waals surface area contributed by atoms with Crippen LogP contribution in [-0.4, -0.2) is 57.8 Å². The fourth-order valence-corrected chi connectivity index (χ4v) is 4.88. The smallest absolute Gasteiger partial charge is 0.254 e. The lowest BCUT2D eigenvalue weighted by atomic mass is 10.1. The number of carbonyl (C=O) groups excluding carboxylic acids is 1. The summed E-state index contributed by atoms with van der Waals surface area (Å²) < 4.78 is 7.97. The predicted octanol–water partition coefficient (Wildman–Crippen LogP) is 4.28. The third-order valence-electron chi connectivity index (χ3n) is 6.03. The Morgan fingerprint density at radius 3 is 2.76 bits per heavy atom. The third kappa shape index (κ3) is 5.26. The first kappa shape index (κ1) is 21.7. The summed E-state index contributed by atoms with van der Waals surface area (Å²) in [6, 6.07) is 15.8. The molecule has 1 saturated heterocycles. The number of ether oxygens (including phenoxy) is 1. The van der Waals surface area contributed by atoms with Crippen LogP contribution in [-0.2, 0) is 13.0 Å². The largest absolute Gasteiger partial charge is 0.487 e. The van der Waals surface area contributed by atoms with E-state index in [4.69, 9.17) is 4.74 Å². The molecule has 4 aromatic rings. The van der Waals surface area contributed by atoms with Crippen molar-refractivity contribution in [3.05, 3.63) is 88.0 Å². The van der Waals surface area contributed by atoms with Gasteiger partial charge in [0.1, 0.15) is 18.0 Å². The highest BCUT2D eigenvalue weighted by molar-refractivity contribution is 7.09. The zero-order valence-electron chi connectivity index (χ0n) is 18.8. The first-order chi connectivity index (χ1) is 16.1. The maximum absolute atomic E-state index is 13.1. The fraction of sp³-hybridized carbons (Fsp3) is 0.308. The van der Waals surface area contributed by atoms with Crippen LogP contribution in [0.3, 0.4) is 0 Å². The van der Waals surface area contributed by atoms with Crippen molar-refractivity contribution in [2.24, 2.45) is 0 Å². The van der Waals surface area contributed by atoms with Gasteiger partial charge < -0.3 is 14.0 Å². The van der Waals surface area contributed by atoms with Gasteiger partial charge in [-0.1, -0.05) is 18.2 Å².